The number of thiocarbonyl (C=S) groups is 1. The quantitative estimate of drug-likeness (QED) is 0.588. The van der Waals surface area contributed by atoms with Gasteiger partial charge < -0.3 is 5.73 Å². The lowest BCUT2D eigenvalue weighted by Crippen LogP contribution is -2.24. The van der Waals surface area contributed by atoms with Crippen LogP contribution in [0.15, 0.2) is 11.0 Å². The molecule has 0 amide bonds. The largest absolute Gasteiger partial charge is 0.393 e. The second-order valence-corrected chi connectivity index (χ2v) is 8.05. The van der Waals surface area contributed by atoms with Crippen LogP contribution in [0.4, 0.5) is 0 Å². The van der Waals surface area contributed by atoms with Crippen molar-refractivity contribution in [3.63, 3.8) is 0 Å². The molecule has 18 heavy (non-hydrogen) atoms. The van der Waals surface area contributed by atoms with Crippen molar-refractivity contribution in [1.82, 2.24) is 4.72 Å². The minimum atomic E-state index is -3.59. The molecule has 0 spiro atoms. The summed E-state index contributed by atoms with van der Waals surface area (Å²) in [7, 11) is -3.59. The molecule has 0 aromatic carbocycles. The molecule has 0 unspecified atom stereocenters. The predicted molar refractivity (Wildman–Crippen MR) is 80.2 cm³/mol. The minimum absolute atomic E-state index is 0.0218. The third-order valence-electron chi connectivity index (χ3n) is 2.06. The van der Waals surface area contributed by atoms with E-state index in [0.29, 0.717) is 28.7 Å². The second-order valence-electron chi connectivity index (χ2n) is 3.51. The average molecular weight is 347 g/mol. The number of thiophene rings is 1. The van der Waals surface area contributed by atoms with Gasteiger partial charge in [-0.2, -0.15) is 0 Å². The molecule has 0 aliphatic heterocycles. The van der Waals surface area contributed by atoms with Gasteiger partial charge in [0.25, 0.3) is 0 Å². The van der Waals surface area contributed by atoms with E-state index in [9.17, 15) is 8.42 Å². The second kappa shape index (κ2) is 7.02. The first-order valence-electron chi connectivity index (χ1n) is 5.06. The molecule has 1 heterocycles. The van der Waals surface area contributed by atoms with Gasteiger partial charge in [-0.15, -0.1) is 11.3 Å². The molecule has 3 N–H and O–H groups in total. The van der Waals surface area contributed by atoms with Gasteiger partial charge in [-0.3, -0.25) is 0 Å². The Morgan fingerprint density at radius 1 is 1.44 bits per heavy atom. The summed E-state index contributed by atoms with van der Waals surface area (Å²) in [5.41, 5.74) is 5.34. The molecule has 0 radical (unpaired) electrons. The van der Waals surface area contributed by atoms with Crippen molar-refractivity contribution in [2.45, 2.75) is 24.2 Å². The maximum absolute atomic E-state index is 11.9. The minimum Gasteiger partial charge on any atom is -0.393 e. The van der Waals surface area contributed by atoms with E-state index in [2.05, 4.69) is 4.72 Å². The standard InChI is InChI=1S/C9H12Cl2N2O2S3/c10-7-5-6(9(11)17-7)18(14,15)13-4-2-1-3-8(12)16/h5,13H,1-4H2,(H2,12,16). The Hall–Kier alpha value is 0.0800. The number of halogens is 2. The van der Waals surface area contributed by atoms with Crippen molar-refractivity contribution in [2.75, 3.05) is 6.54 Å². The fraction of sp³-hybridized carbons (Fsp3) is 0.444. The van der Waals surface area contributed by atoms with E-state index in [1.807, 2.05) is 0 Å². The topological polar surface area (TPSA) is 72.2 Å². The fourth-order valence-electron chi connectivity index (χ4n) is 1.22. The molecule has 0 bridgehead atoms. The molecular formula is C9H12Cl2N2O2S3. The highest BCUT2D eigenvalue weighted by Gasteiger charge is 2.20. The number of nitrogens with two attached hydrogens (primary N) is 1. The summed E-state index contributed by atoms with van der Waals surface area (Å²) in [5, 5.41) is 0. The highest BCUT2D eigenvalue weighted by atomic mass is 35.5. The Morgan fingerprint density at radius 2 is 2.11 bits per heavy atom. The van der Waals surface area contributed by atoms with E-state index in [1.165, 1.54) is 6.07 Å². The Labute approximate surface area is 126 Å². The summed E-state index contributed by atoms with van der Waals surface area (Å²) in [6.45, 7) is 0.314. The van der Waals surface area contributed by atoms with Crippen molar-refractivity contribution < 1.29 is 8.42 Å². The van der Waals surface area contributed by atoms with Crippen LogP contribution in [0.3, 0.4) is 0 Å². The maximum Gasteiger partial charge on any atom is 0.242 e. The van der Waals surface area contributed by atoms with E-state index in [1.54, 1.807) is 0 Å². The zero-order valence-corrected chi connectivity index (χ0v) is 13.2. The van der Waals surface area contributed by atoms with E-state index in [0.717, 1.165) is 17.8 Å². The molecule has 4 nitrogen and oxygen atoms in total. The molecule has 1 aromatic rings. The number of rotatable bonds is 7. The van der Waals surface area contributed by atoms with Crippen molar-refractivity contribution in [3.8, 4) is 0 Å². The molecule has 0 aliphatic rings. The summed E-state index contributed by atoms with van der Waals surface area (Å²) >= 11 is 17.2. The van der Waals surface area contributed by atoms with Gasteiger partial charge in [0.1, 0.15) is 9.23 Å². The van der Waals surface area contributed by atoms with E-state index >= 15 is 0 Å². The molecule has 9 heteroatoms. The highest BCUT2D eigenvalue weighted by molar-refractivity contribution is 7.89. The first-order chi connectivity index (χ1) is 8.33. The lowest BCUT2D eigenvalue weighted by molar-refractivity contribution is 0.578. The SMILES string of the molecule is NC(=S)CCCCNS(=O)(=O)c1cc(Cl)sc1Cl. The fourth-order valence-corrected chi connectivity index (χ4v) is 4.58. The van der Waals surface area contributed by atoms with E-state index in [4.69, 9.17) is 41.2 Å². The molecule has 0 fully saturated rings. The van der Waals surface area contributed by atoms with Gasteiger partial charge in [-0.25, -0.2) is 13.1 Å². The molecule has 1 rings (SSSR count). The van der Waals surface area contributed by atoms with Gasteiger partial charge in [0.15, 0.2) is 0 Å². The van der Waals surface area contributed by atoms with Gasteiger partial charge in [0.2, 0.25) is 10.0 Å². The maximum atomic E-state index is 11.9. The first-order valence-corrected chi connectivity index (χ1v) is 8.52. The number of nitrogens with one attached hydrogen (secondary N) is 1. The van der Waals surface area contributed by atoms with Crippen molar-refractivity contribution in [2.24, 2.45) is 5.73 Å². The predicted octanol–water partition coefficient (Wildman–Crippen LogP) is 2.79. The van der Waals surface area contributed by atoms with Crippen LogP contribution in [0.25, 0.3) is 0 Å². The van der Waals surface area contributed by atoms with Gasteiger partial charge in [-0.05, 0) is 25.3 Å². The lowest BCUT2D eigenvalue weighted by Gasteiger charge is -2.05. The number of hydrogen-bond donors (Lipinski definition) is 2. The summed E-state index contributed by atoms with van der Waals surface area (Å²) in [6, 6.07) is 1.34. The first kappa shape index (κ1) is 16.1. The van der Waals surface area contributed by atoms with Crippen molar-refractivity contribution in [1.29, 1.82) is 0 Å². The van der Waals surface area contributed by atoms with Gasteiger partial charge in [0, 0.05) is 6.54 Å². The van der Waals surface area contributed by atoms with E-state index < -0.39 is 10.0 Å². The Kier molecular flexibility index (Phi) is 6.29. The van der Waals surface area contributed by atoms with Crippen LogP contribution in [0.5, 0.6) is 0 Å². The van der Waals surface area contributed by atoms with Crippen molar-refractivity contribution >= 4 is 61.8 Å². The number of unbranched alkanes of at least 4 members (excludes halogenated alkanes) is 1. The molecule has 0 atom stereocenters. The van der Waals surface area contributed by atoms with E-state index in [-0.39, 0.29) is 9.23 Å². The summed E-state index contributed by atoms with van der Waals surface area (Å²) in [6.07, 6.45) is 2.02. The average Bonchev–Trinajstić information content (AvgIpc) is 2.57. The third kappa shape index (κ3) is 4.99. The van der Waals surface area contributed by atoms with Crippen LogP contribution in [0, 0.1) is 0 Å². The summed E-state index contributed by atoms with van der Waals surface area (Å²) in [4.78, 5) is 0.457. The number of hydrogen-bond acceptors (Lipinski definition) is 4. The van der Waals surface area contributed by atoms with Crippen LogP contribution in [-0.2, 0) is 10.0 Å². The van der Waals surface area contributed by atoms with Crippen molar-refractivity contribution in [3.05, 3.63) is 14.7 Å². The van der Waals surface area contributed by atoms with Gasteiger partial charge >= 0.3 is 0 Å². The smallest absolute Gasteiger partial charge is 0.242 e. The molecular weight excluding hydrogens is 335 g/mol. The molecule has 0 saturated carbocycles. The Balaban J connectivity index is 2.51. The Bertz CT molecular complexity index is 528. The molecule has 0 aliphatic carbocycles. The molecule has 1 aromatic heterocycles. The van der Waals surface area contributed by atoms with Gasteiger partial charge in [0.05, 0.1) is 9.32 Å². The molecule has 102 valence electrons. The summed E-state index contributed by atoms with van der Waals surface area (Å²) < 4.78 is 26.7. The highest BCUT2D eigenvalue weighted by Crippen LogP contribution is 2.33. The zero-order valence-electron chi connectivity index (χ0n) is 9.28. The third-order valence-corrected chi connectivity index (χ3v) is 5.48. The normalized spacial score (nSPS) is 11.7. The van der Waals surface area contributed by atoms with Crippen LogP contribution in [-0.4, -0.2) is 20.0 Å². The monoisotopic (exact) mass is 346 g/mol. The lowest BCUT2D eigenvalue weighted by atomic mass is 10.2. The van der Waals surface area contributed by atoms with Gasteiger partial charge in [-0.1, -0.05) is 35.4 Å². The van der Waals surface area contributed by atoms with Crippen LogP contribution >= 0.6 is 46.8 Å². The molecule has 0 saturated heterocycles. The van der Waals surface area contributed by atoms with Crippen LogP contribution < -0.4 is 10.5 Å². The number of sulfonamides is 1. The van der Waals surface area contributed by atoms with Crippen LogP contribution in [0.2, 0.25) is 8.67 Å². The summed E-state index contributed by atoms with van der Waals surface area (Å²) in [5.74, 6) is 0. The zero-order chi connectivity index (χ0) is 13.8. The Morgan fingerprint density at radius 3 is 2.61 bits per heavy atom. The van der Waals surface area contributed by atoms with Crippen LogP contribution in [0.1, 0.15) is 19.3 Å².